The minimum absolute atomic E-state index is 0.0485. The summed E-state index contributed by atoms with van der Waals surface area (Å²) in [5.74, 6) is 0.187. The Morgan fingerprint density at radius 3 is 2.63 bits per heavy atom. The van der Waals surface area contributed by atoms with Crippen LogP contribution in [0, 0.1) is 5.82 Å². The van der Waals surface area contributed by atoms with Crippen molar-refractivity contribution in [2.75, 3.05) is 0 Å². The molecule has 0 aliphatic carbocycles. The monoisotopic (exact) mass is 280 g/mol. The fourth-order valence-electron chi connectivity index (χ4n) is 1.61. The van der Waals surface area contributed by atoms with Gasteiger partial charge in [0, 0.05) is 0 Å². The Balaban J connectivity index is 2.17. The molecule has 0 N–H and O–H groups in total. The zero-order valence-corrected chi connectivity index (χ0v) is 11.5. The second-order valence-electron chi connectivity index (χ2n) is 4.27. The Kier molecular flexibility index (Phi) is 4.32. The van der Waals surface area contributed by atoms with Gasteiger partial charge < -0.3 is 4.74 Å². The Labute approximate surface area is 116 Å². The molecule has 0 aliphatic heterocycles. The van der Waals surface area contributed by atoms with Gasteiger partial charge in [-0.1, -0.05) is 26.0 Å². The first kappa shape index (κ1) is 13.7. The standard InChI is InChI=1S/C14H14ClFN2O/c1-3-9(2)10-4-6-11(7-5-10)19-13-12(16)8-17-14(15)18-13/h4-9H,3H2,1-2H3. The number of rotatable bonds is 4. The SMILES string of the molecule is CCC(C)c1ccc(Oc2nc(Cl)ncc2F)cc1. The van der Waals surface area contributed by atoms with E-state index in [0.717, 1.165) is 12.6 Å². The number of hydrogen-bond acceptors (Lipinski definition) is 3. The maximum atomic E-state index is 13.4. The molecule has 0 aliphatic rings. The molecule has 1 unspecified atom stereocenters. The summed E-state index contributed by atoms with van der Waals surface area (Å²) >= 11 is 5.60. The quantitative estimate of drug-likeness (QED) is 0.769. The lowest BCUT2D eigenvalue weighted by Gasteiger charge is -2.10. The Hall–Kier alpha value is -1.68. The van der Waals surface area contributed by atoms with Gasteiger partial charge in [-0.2, -0.15) is 9.37 Å². The Morgan fingerprint density at radius 2 is 2.00 bits per heavy atom. The second kappa shape index (κ2) is 5.97. The van der Waals surface area contributed by atoms with Gasteiger partial charge in [0.25, 0.3) is 5.88 Å². The van der Waals surface area contributed by atoms with E-state index in [2.05, 4.69) is 23.8 Å². The van der Waals surface area contributed by atoms with Crippen molar-refractivity contribution in [1.29, 1.82) is 0 Å². The summed E-state index contributed by atoms with van der Waals surface area (Å²) in [7, 11) is 0. The molecule has 3 nitrogen and oxygen atoms in total. The lowest BCUT2D eigenvalue weighted by atomic mass is 9.99. The smallest absolute Gasteiger partial charge is 0.260 e. The van der Waals surface area contributed by atoms with E-state index in [9.17, 15) is 4.39 Å². The molecule has 1 aromatic heterocycles. The average molecular weight is 281 g/mol. The van der Waals surface area contributed by atoms with Crippen molar-refractivity contribution >= 4 is 11.6 Å². The van der Waals surface area contributed by atoms with Crippen molar-refractivity contribution in [3.05, 3.63) is 47.1 Å². The molecular weight excluding hydrogens is 267 g/mol. The maximum absolute atomic E-state index is 13.4. The molecule has 5 heteroatoms. The highest BCUT2D eigenvalue weighted by Gasteiger charge is 2.09. The molecule has 0 saturated carbocycles. The molecule has 19 heavy (non-hydrogen) atoms. The normalized spacial score (nSPS) is 12.2. The van der Waals surface area contributed by atoms with E-state index in [1.807, 2.05) is 12.1 Å². The number of nitrogens with zero attached hydrogens (tertiary/aromatic N) is 2. The van der Waals surface area contributed by atoms with Crippen LogP contribution < -0.4 is 4.74 Å². The van der Waals surface area contributed by atoms with E-state index in [0.29, 0.717) is 11.7 Å². The summed E-state index contributed by atoms with van der Waals surface area (Å²) in [5.41, 5.74) is 1.22. The number of benzene rings is 1. The van der Waals surface area contributed by atoms with Crippen LogP contribution >= 0.6 is 11.6 Å². The summed E-state index contributed by atoms with van der Waals surface area (Å²) in [6.45, 7) is 4.28. The van der Waals surface area contributed by atoms with E-state index in [1.165, 1.54) is 5.56 Å². The summed E-state index contributed by atoms with van der Waals surface area (Å²) in [6.07, 6.45) is 2.05. The van der Waals surface area contributed by atoms with Crippen molar-refractivity contribution in [2.45, 2.75) is 26.2 Å². The third kappa shape index (κ3) is 3.41. The van der Waals surface area contributed by atoms with Crippen molar-refractivity contribution in [3.8, 4) is 11.6 Å². The average Bonchev–Trinajstić information content (AvgIpc) is 2.43. The van der Waals surface area contributed by atoms with Gasteiger partial charge in [0.05, 0.1) is 6.20 Å². The van der Waals surface area contributed by atoms with Crippen molar-refractivity contribution in [1.82, 2.24) is 9.97 Å². The van der Waals surface area contributed by atoms with Crippen molar-refractivity contribution < 1.29 is 9.13 Å². The first-order valence-electron chi connectivity index (χ1n) is 6.06. The van der Waals surface area contributed by atoms with Crippen LogP contribution in [0.2, 0.25) is 5.28 Å². The first-order valence-corrected chi connectivity index (χ1v) is 6.43. The Bertz CT molecular complexity index is 560. The van der Waals surface area contributed by atoms with Crippen LogP contribution in [0.25, 0.3) is 0 Å². The van der Waals surface area contributed by atoms with E-state index in [-0.39, 0.29) is 11.2 Å². The predicted molar refractivity (Wildman–Crippen MR) is 72.2 cm³/mol. The first-order chi connectivity index (χ1) is 9.10. The van der Waals surface area contributed by atoms with E-state index < -0.39 is 5.82 Å². The number of halogens is 2. The van der Waals surface area contributed by atoms with Crippen LogP contribution in [-0.4, -0.2) is 9.97 Å². The second-order valence-corrected chi connectivity index (χ2v) is 4.61. The number of aromatic nitrogens is 2. The van der Waals surface area contributed by atoms with Crippen LogP contribution in [0.1, 0.15) is 31.7 Å². The highest BCUT2D eigenvalue weighted by molar-refractivity contribution is 6.28. The topological polar surface area (TPSA) is 35.0 Å². The van der Waals surface area contributed by atoms with Gasteiger partial charge in [-0.3, -0.25) is 0 Å². The molecule has 0 radical (unpaired) electrons. The molecule has 100 valence electrons. The third-order valence-electron chi connectivity index (χ3n) is 2.96. The largest absolute Gasteiger partial charge is 0.436 e. The van der Waals surface area contributed by atoms with Gasteiger partial charge in [0.2, 0.25) is 11.1 Å². The molecule has 0 bridgehead atoms. The van der Waals surface area contributed by atoms with Gasteiger partial charge in [-0.05, 0) is 41.6 Å². The fourth-order valence-corrected chi connectivity index (χ4v) is 1.74. The molecule has 0 spiro atoms. The van der Waals surface area contributed by atoms with Gasteiger partial charge in [-0.25, -0.2) is 4.98 Å². The van der Waals surface area contributed by atoms with Gasteiger partial charge in [-0.15, -0.1) is 0 Å². The molecule has 1 aromatic carbocycles. The molecular formula is C14H14ClFN2O. The minimum Gasteiger partial charge on any atom is -0.436 e. The zero-order chi connectivity index (χ0) is 13.8. The van der Waals surface area contributed by atoms with Crippen LogP contribution in [0.5, 0.6) is 11.6 Å². The highest BCUT2D eigenvalue weighted by Crippen LogP contribution is 2.25. The van der Waals surface area contributed by atoms with Crippen LogP contribution in [0.15, 0.2) is 30.5 Å². The molecule has 2 rings (SSSR count). The lowest BCUT2D eigenvalue weighted by Crippen LogP contribution is -1.95. The molecule has 2 aromatic rings. The molecule has 1 atom stereocenters. The molecule has 1 heterocycles. The molecule has 0 fully saturated rings. The van der Waals surface area contributed by atoms with E-state index in [1.54, 1.807) is 12.1 Å². The zero-order valence-electron chi connectivity index (χ0n) is 10.7. The summed E-state index contributed by atoms with van der Waals surface area (Å²) in [5, 5.41) is -0.0485. The molecule has 0 amide bonds. The summed E-state index contributed by atoms with van der Waals surface area (Å²) in [6, 6.07) is 7.50. The Morgan fingerprint density at radius 1 is 1.32 bits per heavy atom. The summed E-state index contributed by atoms with van der Waals surface area (Å²) in [4.78, 5) is 7.23. The maximum Gasteiger partial charge on any atom is 0.260 e. The van der Waals surface area contributed by atoms with E-state index >= 15 is 0 Å². The number of hydrogen-bond donors (Lipinski definition) is 0. The molecule has 0 saturated heterocycles. The van der Waals surface area contributed by atoms with Crippen molar-refractivity contribution in [3.63, 3.8) is 0 Å². The van der Waals surface area contributed by atoms with Gasteiger partial charge >= 0.3 is 0 Å². The third-order valence-corrected chi connectivity index (χ3v) is 3.14. The van der Waals surface area contributed by atoms with Crippen LogP contribution in [0.4, 0.5) is 4.39 Å². The van der Waals surface area contributed by atoms with Crippen LogP contribution in [-0.2, 0) is 0 Å². The predicted octanol–water partition coefficient (Wildman–Crippen LogP) is 4.57. The lowest BCUT2D eigenvalue weighted by molar-refractivity contribution is 0.419. The van der Waals surface area contributed by atoms with Crippen molar-refractivity contribution in [2.24, 2.45) is 0 Å². The number of ether oxygens (including phenoxy) is 1. The van der Waals surface area contributed by atoms with Gasteiger partial charge in [0.15, 0.2) is 0 Å². The van der Waals surface area contributed by atoms with E-state index in [4.69, 9.17) is 16.3 Å². The van der Waals surface area contributed by atoms with Crippen LogP contribution in [0.3, 0.4) is 0 Å². The summed E-state index contributed by atoms with van der Waals surface area (Å²) < 4.78 is 18.8. The fraction of sp³-hybridized carbons (Fsp3) is 0.286. The van der Waals surface area contributed by atoms with Gasteiger partial charge in [0.1, 0.15) is 5.75 Å². The minimum atomic E-state index is -0.643. The highest BCUT2D eigenvalue weighted by atomic mass is 35.5.